The normalized spacial score (nSPS) is 13.8. The van der Waals surface area contributed by atoms with E-state index in [4.69, 9.17) is 14.5 Å². The molecular formula is C27H26N6O4S. The highest BCUT2D eigenvalue weighted by Crippen LogP contribution is 2.42. The van der Waals surface area contributed by atoms with E-state index in [1.165, 1.54) is 15.9 Å². The summed E-state index contributed by atoms with van der Waals surface area (Å²) in [7, 11) is 0. The molecule has 1 fully saturated rings. The molecule has 0 atom stereocenters. The summed E-state index contributed by atoms with van der Waals surface area (Å²) in [6, 6.07) is 12.7. The first-order valence-electron chi connectivity index (χ1n) is 12.1. The molecule has 1 aliphatic heterocycles. The molecule has 1 N–H and O–H groups in total. The summed E-state index contributed by atoms with van der Waals surface area (Å²) in [5.74, 6) is 0. The number of nitriles is 1. The fraction of sp³-hybridized carbons (Fsp3) is 0.296. The lowest BCUT2D eigenvalue weighted by molar-refractivity contribution is 0.0543. The second-order valence-electron chi connectivity index (χ2n) is 9.69. The molecule has 0 unspecified atom stereocenters. The molecule has 4 aromatic rings. The zero-order valence-electron chi connectivity index (χ0n) is 21.2. The molecule has 0 bridgehead atoms. The second-order valence-corrected chi connectivity index (χ2v) is 10.7. The van der Waals surface area contributed by atoms with Crippen LogP contribution in [0.3, 0.4) is 0 Å². The van der Waals surface area contributed by atoms with Crippen LogP contribution in [-0.2, 0) is 9.47 Å². The molecule has 10 nitrogen and oxygen atoms in total. The number of morpholine rings is 1. The molecule has 3 aromatic heterocycles. The van der Waals surface area contributed by atoms with Gasteiger partial charge in [-0.2, -0.15) is 5.26 Å². The average molecular weight is 531 g/mol. The topological polar surface area (TPSA) is 122 Å². The summed E-state index contributed by atoms with van der Waals surface area (Å²) >= 11 is 1.29. The predicted octanol–water partition coefficient (Wildman–Crippen LogP) is 5.35. The molecule has 0 radical (unpaired) electrons. The smallest absolute Gasteiger partial charge is 0.420 e. The molecule has 1 aromatic carbocycles. The van der Waals surface area contributed by atoms with Crippen LogP contribution in [0.4, 0.5) is 14.7 Å². The first kappa shape index (κ1) is 25.4. The van der Waals surface area contributed by atoms with Gasteiger partial charge in [-0.05, 0) is 45.0 Å². The maximum absolute atomic E-state index is 13.1. The SMILES string of the molecule is CC(C)(C)OC(=O)n1cc(-c2sc(NC(=O)N3CCOCC3)nc2-c2cccc(C#N)c2)c2cccnc21. The second kappa shape index (κ2) is 10.2. The van der Waals surface area contributed by atoms with Gasteiger partial charge in [0.25, 0.3) is 0 Å². The van der Waals surface area contributed by atoms with Crippen molar-refractivity contribution in [3.8, 4) is 27.8 Å². The van der Waals surface area contributed by atoms with Gasteiger partial charge in [-0.15, -0.1) is 0 Å². The number of nitrogens with zero attached hydrogens (tertiary/aromatic N) is 5. The van der Waals surface area contributed by atoms with Gasteiger partial charge in [-0.25, -0.2) is 24.1 Å². The number of pyridine rings is 1. The van der Waals surface area contributed by atoms with Crippen LogP contribution in [0, 0.1) is 11.3 Å². The molecule has 38 heavy (non-hydrogen) atoms. The van der Waals surface area contributed by atoms with E-state index in [0.29, 0.717) is 59.5 Å². The summed E-state index contributed by atoms with van der Waals surface area (Å²) in [4.78, 5) is 37.6. The number of hydrogen-bond acceptors (Lipinski definition) is 8. The van der Waals surface area contributed by atoms with E-state index < -0.39 is 11.7 Å². The average Bonchev–Trinajstić information content (AvgIpc) is 3.50. The molecule has 4 heterocycles. The van der Waals surface area contributed by atoms with Gasteiger partial charge in [0.05, 0.1) is 35.4 Å². The molecular weight excluding hydrogens is 504 g/mol. The Morgan fingerprint density at radius 3 is 2.71 bits per heavy atom. The number of hydrogen-bond donors (Lipinski definition) is 1. The van der Waals surface area contributed by atoms with Gasteiger partial charge in [0, 0.05) is 42.0 Å². The predicted molar refractivity (Wildman–Crippen MR) is 144 cm³/mol. The quantitative estimate of drug-likeness (QED) is 0.379. The maximum atomic E-state index is 13.1. The number of benzene rings is 1. The Hall–Kier alpha value is -4.27. The van der Waals surface area contributed by atoms with Crippen molar-refractivity contribution in [3.05, 3.63) is 54.4 Å². The zero-order valence-corrected chi connectivity index (χ0v) is 22.0. The van der Waals surface area contributed by atoms with E-state index in [1.807, 2.05) is 12.1 Å². The molecule has 11 heteroatoms. The van der Waals surface area contributed by atoms with Gasteiger partial charge in [0.2, 0.25) is 0 Å². The number of rotatable bonds is 3. The number of carbonyl (C=O) groups is 2. The molecule has 2 amide bonds. The fourth-order valence-corrected chi connectivity index (χ4v) is 5.12. The third-order valence-corrected chi connectivity index (χ3v) is 6.81. The number of urea groups is 1. The van der Waals surface area contributed by atoms with E-state index in [9.17, 15) is 14.9 Å². The standard InChI is InChI=1S/C27H26N6O4S/c1-27(2,3)37-26(35)33-16-20(19-8-5-9-29-23(19)33)22-21(18-7-4-6-17(14-18)15-28)30-24(38-22)31-25(34)32-10-12-36-13-11-32/h4-9,14,16H,10-13H2,1-3H3,(H,30,31,34). The van der Waals surface area contributed by atoms with E-state index in [1.54, 1.807) is 62.3 Å². The van der Waals surface area contributed by atoms with Gasteiger partial charge in [0.1, 0.15) is 11.2 Å². The van der Waals surface area contributed by atoms with E-state index >= 15 is 0 Å². The van der Waals surface area contributed by atoms with Crippen LogP contribution in [0.2, 0.25) is 0 Å². The van der Waals surface area contributed by atoms with Crippen molar-refractivity contribution < 1.29 is 19.1 Å². The minimum Gasteiger partial charge on any atom is -0.443 e. The lowest BCUT2D eigenvalue weighted by Gasteiger charge is -2.26. The molecule has 194 valence electrons. The largest absolute Gasteiger partial charge is 0.443 e. The van der Waals surface area contributed by atoms with Gasteiger partial charge in [-0.1, -0.05) is 23.5 Å². The van der Waals surface area contributed by atoms with Crippen LogP contribution in [0.25, 0.3) is 32.7 Å². The summed E-state index contributed by atoms with van der Waals surface area (Å²) in [6.45, 7) is 7.37. The Bertz CT molecular complexity index is 1560. The van der Waals surface area contributed by atoms with Crippen molar-refractivity contribution >= 4 is 39.6 Å². The van der Waals surface area contributed by atoms with Gasteiger partial charge < -0.3 is 14.4 Å². The highest BCUT2D eigenvalue weighted by molar-refractivity contribution is 7.19. The van der Waals surface area contributed by atoms with Crippen molar-refractivity contribution in [2.75, 3.05) is 31.6 Å². The number of nitrogens with one attached hydrogen (secondary N) is 1. The summed E-state index contributed by atoms with van der Waals surface area (Å²) in [5.41, 5.74) is 2.24. The van der Waals surface area contributed by atoms with Gasteiger partial charge in [0.15, 0.2) is 5.13 Å². The van der Waals surface area contributed by atoms with E-state index in [-0.39, 0.29) is 6.03 Å². The number of aromatic nitrogens is 3. The van der Waals surface area contributed by atoms with Crippen LogP contribution in [0.5, 0.6) is 0 Å². The first-order valence-corrected chi connectivity index (χ1v) is 12.9. The summed E-state index contributed by atoms with van der Waals surface area (Å²) in [5, 5.41) is 13.5. The summed E-state index contributed by atoms with van der Waals surface area (Å²) < 4.78 is 12.3. The van der Waals surface area contributed by atoms with E-state index in [2.05, 4.69) is 16.4 Å². The molecule has 5 rings (SSSR count). The summed E-state index contributed by atoms with van der Waals surface area (Å²) in [6.07, 6.45) is 2.75. The zero-order chi connectivity index (χ0) is 26.9. The number of amides is 2. The van der Waals surface area contributed by atoms with Gasteiger partial charge >= 0.3 is 12.1 Å². The Balaban J connectivity index is 1.63. The minimum atomic E-state index is -0.688. The molecule has 0 spiro atoms. The van der Waals surface area contributed by atoms with Gasteiger partial charge in [-0.3, -0.25) is 5.32 Å². The monoisotopic (exact) mass is 530 g/mol. The maximum Gasteiger partial charge on any atom is 0.420 e. The lowest BCUT2D eigenvalue weighted by atomic mass is 10.0. The Labute approximate surface area is 223 Å². The number of carbonyl (C=O) groups excluding carboxylic acids is 2. The van der Waals surface area contributed by atoms with Crippen LogP contribution in [-0.4, -0.2) is 63.5 Å². The third-order valence-electron chi connectivity index (χ3n) is 5.80. The molecule has 1 saturated heterocycles. The molecule has 0 saturated carbocycles. The van der Waals surface area contributed by atoms with Crippen LogP contribution >= 0.6 is 11.3 Å². The number of thiazole rings is 1. The van der Waals surface area contributed by atoms with Crippen molar-refractivity contribution in [1.29, 1.82) is 5.26 Å². The minimum absolute atomic E-state index is 0.260. The lowest BCUT2D eigenvalue weighted by Crippen LogP contribution is -2.43. The highest BCUT2D eigenvalue weighted by Gasteiger charge is 2.26. The number of fused-ring (bicyclic) bond motifs is 1. The Morgan fingerprint density at radius 2 is 1.97 bits per heavy atom. The first-order chi connectivity index (χ1) is 18.2. The van der Waals surface area contributed by atoms with E-state index in [0.717, 1.165) is 10.3 Å². The van der Waals surface area contributed by atoms with Crippen LogP contribution in [0.1, 0.15) is 26.3 Å². The van der Waals surface area contributed by atoms with Crippen molar-refractivity contribution in [3.63, 3.8) is 0 Å². The van der Waals surface area contributed by atoms with Crippen molar-refractivity contribution in [1.82, 2.24) is 19.4 Å². The molecule has 1 aliphatic rings. The third kappa shape index (κ3) is 5.22. The van der Waals surface area contributed by atoms with Crippen molar-refractivity contribution in [2.45, 2.75) is 26.4 Å². The Morgan fingerprint density at radius 1 is 1.18 bits per heavy atom. The van der Waals surface area contributed by atoms with Crippen LogP contribution < -0.4 is 5.32 Å². The van der Waals surface area contributed by atoms with Crippen molar-refractivity contribution in [2.24, 2.45) is 0 Å². The Kier molecular flexibility index (Phi) is 6.84. The number of anilines is 1. The van der Waals surface area contributed by atoms with Crippen LogP contribution in [0.15, 0.2) is 48.8 Å². The molecule has 0 aliphatic carbocycles. The fourth-order valence-electron chi connectivity index (χ4n) is 4.11. The number of ether oxygens (including phenoxy) is 2. The highest BCUT2D eigenvalue weighted by atomic mass is 32.1.